The lowest BCUT2D eigenvalue weighted by atomic mass is 9.57. The molecule has 0 radical (unpaired) electrons. The van der Waals surface area contributed by atoms with Crippen LogP contribution >= 0.6 is 24.0 Å². The maximum Gasteiger partial charge on any atom is 0.193 e. The Morgan fingerprint density at radius 3 is 2.38 bits per heavy atom. The molecular formula is C18H30IN3O2. The highest BCUT2D eigenvalue weighted by Gasteiger charge is 2.60. The van der Waals surface area contributed by atoms with Crippen LogP contribution in [0.4, 0.5) is 0 Å². The minimum absolute atomic E-state index is 0. The molecule has 24 heavy (non-hydrogen) atoms. The predicted octanol–water partition coefficient (Wildman–Crippen LogP) is 2.10. The molecule has 4 aliphatic heterocycles. The van der Waals surface area contributed by atoms with E-state index in [9.17, 15) is 0 Å². The van der Waals surface area contributed by atoms with Crippen molar-refractivity contribution in [2.45, 2.75) is 57.5 Å². The molecular weight excluding hydrogens is 417 g/mol. The standard InChI is InChI=1S/C18H29N3O2.HI/c1-18(2)15(10-6-7-22-16(10)18)20-17(19-3)21-8-11-12(9-21)14-5-4-13(11)23-14;/h10-16H,4-9H2,1-3H3,(H,19,20);1H. The van der Waals surface area contributed by atoms with Crippen LogP contribution in [0, 0.1) is 23.2 Å². The van der Waals surface area contributed by atoms with Gasteiger partial charge in [0.2, 0.25) is 0 Å². The zero-order chi connectivity index (χ0) is 15.8. The summed E-state index contributed by atoms with van der Waals surface area (Å²) in [5.41, 5.74) is 0.203. The molecule has 0 aromatic rings. The number of halogens is 1. The van der Waals surface area contributed by atoms with Crippen LogP contribution in [0.2, 0.25) is 0 Å². The van der Waals surface area contributed by atoms with Crippen LogP contribution in [-0.2, 0) is 9.47 Å². The third-order valence-corrected chi connectivity index (χ3v) is 7.35. The summed E-state index contributed by atoms with van der Waals surface area (Å²) in [5.74, 6) is 3.21. The first-order chi connectivity index (χ1) is 11.1. The Bertz CT molecular complexity index is 522. The van der Waals surface area contributed by atoms with Crippen molar-refractivity contribution >= 4 is 29.9 Å². The van der Waals surface area contributed by atoms with E-state index in [0.717, 1.165) is 37.5 Å². The molecule has 2 bridgehead atoms. The highest BCUT2D eigenvalue weighted by atomic mass is 127. The first-order valence-electron chi connectivity index (χ1n) is 9.35. The molecule has 6 heteroatoms. The Hall–Kier alpha value is -0.0800. The summed E-state index contributed by atoms with van der Waals surface area (Å²) in [6.07, 6.45) is 5.18. The molecule has 7 unspecified atom stereocenters. The monoisotopic (exact) mass is 447 g/mol. The van der Waals surface area contributed by atoms with Gasteiger partial charge < -0.3 is 19.7 Å². The highest BCUT2D eigenvalue weighted by molar-refractivity contribution is 14.0. The fourth-order valence-corrected chi connectivity index (χ4v) is 6.19. The number of fused-ring (bicyclic) bond motifs is 6. The number of nitrogens with zero attached hydrogens (tertiary/aromatic N) is 2. The number of rotatable bonds is 1. The molecule has 136 valence electrons. The van der Waals surface area contributed by atoms with Gasteiger partial charge in [-0.3, -0.25) is 4.99 Å². The van der Waals surface area contributed by atoms with Gasteiger partial charge in [0, 0.05) is 56.0 Å². The largest absolute Gasteiger partial charge is 0.377 e. The van der Waals surface area contributed by atoms with Crippen molar-refractivity contribution in [1.29, 1.82) is 0 Å². The van der Waals surface area contributed by atoms with Gasteiger partial charge >= 0.3 is 0 Å². The van der Waals surface area contributed by atoms with Crippen LogP contribution in [0.5, 0.6) is 0 Å². The SMILES string of the molecule is CN=C(NC1C2CCOC2C1(C)C)N1CC2C3CCC(O3)C2C1.I. The molecule has 0 aromatic heterocycles. The summed E-state index contributed by atoms with van der Waals surface area (Å²) in [6.45, 7) is 7.81. The molecule has 1 aliphatic carbocycles. The maximum absolute atomic E-state index is 6.10. The van der Waals surface area contributed by atoms with Crippen LogP contribution in [0.1, 0.15) is 33.1 Å². The summed E-state index contributed by atoms with van der Waals surface area (Å²) in [5, 5.41) is 3.80. The second-order valence-electron chi connectivity index (χ2n) is 8.76. The topological polar surface area (TPSA) is 46.1 Å². The average Bonchev–Trinajstić information content (AvgIpc) is 3.28. The maximum atomic E-state index is 6.10. The summed E-state index contributed by atoms with van der Waals surface area (Å²) < 4.78 is 12.0. The third kappa shape index (κ3) is 2.28. The summed E-state index contributed by atoms with van der Waals surface area (Å²) in [6, 6.07) is 0.488. The van der Waals surface area contributed by atoms with Crippen molar-refractivity contribution < 1.29 is 9.47 Å². The van der Waals surface area contributed by atoms with E-state index < -0.39 is 0 Å². The Morgan fingerprint density at radius 1 is 1.08 bits per heavy atom. The van der Waals surface area contributed by atoms with E-state index in [1.807, 2.05) is 7.05 Å². The summed E-state index contributed by atoms with van der Waals surface area (Å²) in [7, 11) is 1.93. The minimum atomic E-state index is 0. The Morgan fingerprint density at radius 2 is 1.75 bits per heavy atom. The van der Waals surface area contributed by atoms with Gasteiger partial charge in [-0.15, -0.1) is 24.0 Å². The zero-order valence-corrected chi connectivity index (χ0v) is 17.2. The zero-order valence-electron chi connectivity index (χ0n) is 14.9. The lowest BCUT2D eigenvalue weighted by molar-refractivity contribution is -0.107. The molecule has 1 saturated carbocycles. The van der Waals surface area contributed by atoms with E-state index in [4.69, 9.17) is 9.47 Å². The second kappa shape index (κ2) is 5.98. The van der Waals surface area contributed by atoms with Gasteiger partial charge in [0.1, 0.15) is 0 Å². The Balaban J connectivity index is 0.00000146. The highest BCUT2D eigenvalue weighted by Crippen LogP contribution is 2.52. The molecule has 7 atom stereocenters. The van der Waals surface area contributed by atoms with Gasteiger partial charge in [0.25, 0.3) is 0 Å². The first kappa shape index (κ1) is 17.3. The molecule has 0 aromatic carbocycles. The van der Waals surface area contributed by atoms with E-state index in [-0.39, 0.29) is 29.4 Å². The average molecular weight is 447 g/mol. The molecule has 4 saturated heterocycles. The van der Waals surface area contributed by atoms with Crippen LogP contribution in [0.25, 0.3) is 0 Å². The fraction of sp³-hybridized carbons (Fsp3) is 0.944. The second-order valence-corrected chi connectivity index (χ2v) is 8.76. The number of hydrogen-bond donors (Lipinski definition) is 1. The van der Waals surface area contributed by atoms with Crippen molar-refractivity contribution in [2.75, 3.05) is 26.7 Å². The van der Waals surface area contributed by atoms with Crippen molar-refractivity contribution in [3.63, 3.8) is 0 Å². The number of ether oxygens (including phenoxy) is 2. The van der Waals surface area contributed by atoms with Crippen LogP contribution < -0.4 is 5.32 Å². The van der Waals surface area contributed by atoms with Gasteiger partial charge in [0.05, 0.1) is 18.3 Å². The first-order valence-corrected chi connectivity index (χ1v) is 9.35. The van der Waals surface area contributed by atoms with Gasteiger partial charge in [-0.25, -0.2) is 0 Å². The summed E-state index contributed by atoms with van der Waals surface area (Å²) >= 11 is 0. The Kier molecular flexibility index (Phi) is 4.32. The molecule has 5 nitrogen and oxygen atoms in total. The fourth-order valence-electron chi connectivity index (χ4n) is 6.19. The van der Waals surface area contributed by atoms with Gasteiger partial charge in [-0.1, -0.05) is 13.8 Å². The van der Waals surface area contributed by atoms with Crippen molar-refractivity contribution in [2.24, 2.45) is 28.2 Å². The molecule has 0 spiro atoms. The molecule has 5 fully saturated rings. The number of guanidine groups is 1. The van der Waals surface area contributed by atoms with Gasteiger partial charge in [-0.2, -0.15) is 0 Å². The number of nitrogens with one attached hydrogen (secondary N) is 1. The van der Waals surface area contributed by atoms with Crippen LogP contribution in [-0.4, -0.2) is 62.0 Å². The smallest absolute Gasteiger partial charge is 0.193 e. The third-order valence-electron chi connectivity index (χ3n) is 7.35. The number of hydrogen-bond acceptors (Lipinski definition) is 3. The lowest BCUT2D eigenvalue weighted by Gasteiger charge is -2.55. The summed E-state index contributed by atoms with van der Waals surface area (Å²) in [4.78, 5) is 7.11. The van der Waals surface area contributed by atoms with E-state index in [2.05, 4.69) is 29.1 Å². The van der Waals surface area contributed by atoms with E-state index in [1.54, 1.807) is 0 Å². The number of aliphatic imine (C=N–C) groups is 1. The normalized spacial score (nSPS) is 47.9. The molecule has 1 N–H and O–H groups in total. The van der Waals surface area contributed by atoms with E-state index in [0.29, 0.717) is 30.3 Å². The molecule has 5 rings (SSSR count). The quantitative estimate of drug-likeness (QED) is 0.380. The van der Waals surface area contributed by atoms with Crippen molar-refractivity contribution in [3.8, 4) is 0 Å². The Labute approximate surface area is 161 Å². The van der Waals surface area contributed by atoms with Crippen LogP contribution in [0.15, 0.2) is 4.99 Å². The lowest BCUT2D eigenvalue weighted by Crippen LogP contribution is -2.68. The van der Waals surface area contributed by atoms with Gasteiger partial charge in [0.15, 0.2) is 5.96 Å². The molecule has 5 aliphatic rings. The van der Waals surface area contributed by atoms with E-state index in [1.165, 1.54) is 19.3 Å². The predicted molar refractivity (Wildman–Crippen MR) is 104 cm³/mol. The van der Waals surface area contributed by atoms with Gasteiger partial charge in [-0.05, 0) is 19.3 Å². The van der Waals surface area contributed by atoms with Crippen molar-refractivity contribution in [3.05, 3.63) is 0 Å². The molecule has 0 amide bonds. The molecule has 4 heterocycles. The van der Waals surface area contributed by atoms with E-state index >= 15 is 0 Å². The van der Waals surface area contributed by atoms with Crippen LogP contribution in [0.3, 0.4) is 0 Å². The number of likely N-dealkylation sites (tertiary alicyclic amines) is 1. The minimum Gasteiger partial charge on any atom is -0.377 e. The van der Waals surface area contributed by atoms with Crippen molar-refractivity contribution in [1.82, 2.24) is 10.2 Å².